The van der Waals surface area contributed by atoms with Crippen LogP contribution in [0.4, 0.5) is 0 Å². The van der Waals surface area contributed by atoms with Crippen molar-refractivity contribution in [2.24, 2.45) is 0 Å². The van der Waals surface area contributed by atoms with Gasteiger partial charge in [-0.15, -0.1) is 0 Å². The van der Waals surface area contributed by atoms with E-state index in [0.717, 1.165) is 11.0 Å². The van der Waals surface area contributed by atoms with Crippen molar-refractivity contribution < 1.29 is 88.0 Å². The van der Waals surface area contributed by atoms with Gasteiger partial charge in [0.1, 0.15) is 24.5 Å². The van der Waals surface area contributed by atoms with Crippen molar-refractivity contribution in [1.82, 2.24) is 0 Å². The molecule has 0 aliphatic rings. The zero-order chi connectivity index (χ0) is 17.3. The Balaban J connectivity index is 0. The molecule has 1 aromatic carbocycles. The summed E-state index contributed by atoms with van der Waals surface area (Å²) in [6.45, 7) is 1.08. The molecule has 0 spiro atoms. The number of likely N-dealkylation sites (N-methyl/N-ethyl adjacent to an activating group) is 1. The number of rotatable bonds is 5. The van der Waals surface area contributed by atoms with Gasteiger partial charge >= 0.3 is 57.4 Å². The summed E-state index contributed by atoms with van der Waals surface area (Å²) in [4.78, 5) is 11.6. The number of carbonyl (C=O) groups is 1. The van der Waals surface area contributed by atoms with Gasteiger partial charge in [-0.05, 0) is 12.1 Å². The van der Waals surface area contributed by atoms with E-state index < -0.39 is 26.2 Å². The number of para-hydroxylation sites is 1. The monoisotopic (exact) mass is 391 g/mol. The number of ether oxygens (including phenoxy) is 1. The maximum Gasteiger partial charge on any atom is 1.00 e. The van der Waals surface area contributed by atoms with Crippen molar-refractivity contribution in [2.75, 3.05) is 34.3 Å². The molecule has 1 rings (SSSR count). The van der Waals surface area contributed by atoms with Crippen LogP contribution in [0, 0.1) is 0 Å². The first kappa shape index (κ1) is 25.5. The number of carbonyl (C=O) groups excluding carboxylic acids is 1. The third-order valence-electron chi connectivity index (χ3n) is 2.23. The van der Waals surface area contributed by atoms with Crippen LogP contribution in [-0.4, -0.2) is 67.4 Å². The molecular weight excluding hydrogens is 373 g/mol. The van der Waals surface area contributed by atoms with Gasteiger partial charge in [-0.25, -0.2) is 4.79 Å². The Morgan fingerprint density at radius 1 is 1.17 bits per heavy atom. The van der Waals surface area contributed by atoms with Gasteiger partial charge in [0.25, 0.3) is 0 Å². The molecule has 0 fully saturated rings. The number of esters is 1. The van der Waals surface area contributed by atoms with Crippen LogP contribution >= 0.6 is 0 Å². The number of nitrogens with zero attached hydrogens (tertiary/aromatic N) is 1. The molecule has 1 N–H and O–H groups in total. The molecule has 1 aromatic rings. The van der Waals surface area contributed by atoms with E-state index in [9.17, 15) is 9.90 Å². The van der Waals surface area contributed by atoms with Crippen LogP contribution in [0.1, 0.15) is 10.4 Å². The van der Waals surface area contributed by atoms with E-state index in [0.29, 0.717) is 6.61 Å². The van der Waals surface area contributed by atoms with E-state index in [2.05, 4.69) is 0 Å². The molecule has 23 heavy (non-hydrogen) atoms. The third kappa shape index (κ3) is 13.3. The van der Waals surface area contributed by atoms with E-state index >= 15 is 0 Å². The molecule has 0 aromatic heterocycles. The van der Waals surface area contributed by atoms with Gasteiger partial charge < -0.3 is 23.4 Å². The fourth-order valence-electron chi connectivity index (χ4n) is 1.14. The van der Waals surface area contributed by atoms with Gasteiger partial charge in [0.2, 0.25) is 0 Å². The SMILES string of the molecule is C[N+](C)(C)CCOC(=O)c1ccccc1O.O=S([O-])S(=O)[O-].[K+]. The van der Waals surface area contributed by atoms with Crippen LogP contribution < -0.4 is 51.4 Å². The van der Waals surface area contributed by atoms with Gasteiger partial charge in [-0.1, -0.05) is 12.1 Å². The second-order valence-corrected chi connectivity index (χ2v) is 7.52. The fourth-order valence-corrected chi connectivity index (χ4v) is 1.14. The average Bonchev–Trinajstić information content (AvgIpc) is 2.38. The van der Waals surface area contributed by atoms with E-state index in [1.807, 2.05) is 21.1 Å². The number of aromatic hydroxyl groups is 1. The topological polar surface area (TPSA) is 127 Å². The van der Waals surface area contributed by atoms with Crippen molar-refractivity contribution in [3.8, 4) is 5.75 Å². The van der Waals surface area contributed by atoms with Gasteiger partial charge in [-0.2, -0.15) is 0 Å². The predicted octanol–water partition coefficient (Wildman–Crippen LogP) is -3.08. The number of benzene rings is 1. The summed E-state index contributed by atoms with van der Waals surface area (Å²) < 4.78 is 42.1. The first-order valence-electron chi connectivity index (χ1n) is 5.99. The first-order valence-corrected chi connectivity index (χ1v) is 8.66. The number of phenolic OH excluding ortho intramolecular Hbond substituents is 1. The summed E-state index contributed by atoms with van der Waals surface area (Å²) in [6, 6.07) is 6.37. The molecular formula is C12H18KNO7S2. The molecule has 8 nitrogen and oxygen atoms in total. The maximum atomic E-state index is 11.6. The molecule has 126 valence electrons. The molecule has 0 aliphatic carbocycles. The van der Waals surface area contributed by atoms with Crippen LogP contribution in [0.25, 0.3) is 0 Å². The van der Waals surface area contributed by atoms with E-state index in [4.69, 9.17) is 22.3 Å². The molecule has 0 amide bonds. The van der Waals surface area contributed by atoms with Crippen LogP contribution in [0.5, 0.6) is 5.75 Å². The van der Waals surface area contributed by atoms with Gasteiger partial charge in [0.05, 0.1) is 21.1 Å². The summed E-state index contributed by atoms with van der Waals surface area (Å²) in [7, 11) is 0.164. The molecule has 0 bridgehead atoms. The Morgan fingerprint density at radius 3 is 2.04 bits per heavy atom. The number of phenols is 1. The molecule has 2 atom stereocenters. The second kappa shape index (κ2) is 12.6. The maximum absolute atomic E-state index is 11.6. The summed E-state index contributed by atoms with van der Waals surface area (Å²) in [5, 5.41) is 9.44. The van der Waals surface area contributed by atoms with E-state index in [1.165, 1.54) is 6.07 Å². The summed E-state index contributed by atoms with van der Waals surface area (Å²) in [5.41, 5.74) is 0.212. The van der Waals surface area contributed by atoms with Crippen molar-refractivity contribution in [2.45, 2.75) is 0 Å². The number of quaternary nitrogens is 1. The van der Waals surface area contributed by atoms with Gasteiger partial charge in [-0.3, -0.25) is 8.42 Å². The number of hydrogen-bond acceptors (Lipinski definition) is 7. The minimum atomic E-state index is -2.95. The fraction of sp³-hybridized carbons (Fsp3) is 0.417. The van der Waals surface area contributed by atoms with E-state index in [-0.39, 0.29) is 62.7 Å². The average molecular weight is 392 g/mol. The zero-order valence-corrected chi connectivity index (χ0v) is 18.1. The molecule has 11 heteroatoms. The van der Waals surface area contributed by atoms with Crippen molar-refractivity contribution in [1.29, 1.82) is 0 Å². The number of hydrogen-bond donors (Lipinski definition) is 1. The molecule has 2 unspecified atom stereocenters. The Hall–Kier alpha value is 0.306. The van der Waals surface area contributed by atoms with Crippen molar-refractivity contribution in [3.63, 3.8) is 0 Å². The van der Waals surface area contributed by atoms with Crippen molar-refractivity contribution >= 4 is 26.2 Å². The van der Waals surface area contributed by atoms with Crippen molar-refractivity contribution in [3.05, 3.63) is 29.8 Å². The molecule has 0 saturated carbocycles. The Bertz CT molecular complexity index is 536. The minimum Gasteiger partial charge on any atom is -0.763 e. The standard InChI is InChI=1S/C12H17NO3.K.H2O4S2/c1-13(2,3)8-9-16-12(15)10-6-4-5-7-11(10)14;;1-5(2)6(3)4/h4-7H,8-9H2,1-3H3;;(H,1,2)(H,3,4)/q;+1;/p-1. The summed E-state index contributed by atoms with van der Waals surface area (Å²) in [5.74, 6) is -0.524. The quantitative estimate of drug-likeness (QED) is 0.185. The Labute approximate surface area is 182 Å². The summed E-state index contributed by atoms with van der Waals surface area (Å²) in [6.07, 6.45) is 0. The normalized spacial score (nSPS) is 12.9. The van der Waals surface area contributed by atoms with Crippen LogP contribution in [0.15, 0.2) is 24.3 Å². The van der Waals surface area contributed by atoms with Gasteiger partial charge in [0, 0.05) is 20.2 Å². The molecule has 0 aliphatic heterocycles. The molecule has 0 heterocycles. The zero-order valence-electron chi connectivity index (χ0n) is 13.4. The van der Waals surface area contributed by atoms with Crippen LogP contribution in [-0.2, 0) is 25.0 Å². The first-order chi connectivity index (χ1) is 10.0. The minimum absolute atomic E-state index is 0. The smallest absolute Gasteiger partial charge is 0.763 e. The Morgan fingerprint density at radius 2 is 1.65 bits per heavy atom. The Kier molecular flexibility index (Phi) is 14.0. The van der Waals surface area contributed by atoms with Crippen LogP contribution in [0.3, 0.4) is 0 Å². The third-order valence-corrected chi connectivity index (χ3v) is 3.12. The van der Waals surface area contributed by atoms with Gasteiger partial charge in [0.15, 0.2) is 0 Å². The van der Waals surface area contributed by atoms with Crippen LogP contribution in [0.2, 0.25) is 0 Å². The predicted molar refractivity (Wildman–Crippen MR) is 79.1 cm³/mol. The van der Waals surface area contributed by atoms with E-state index in [1.54, 1.807) is 18.2 Å². The second-order valence-electron chi connectivity index (χ2n) is 5.08. The molecule has 0 saturated heterocycles. The summed E-state index contributed by atoms with van der Waals surface area (Å²) >= 11 is 0. The largest absolute Gasteiger partial charge is 1.00 e. The molecule has 0 radical (unpaired) electrons.